The molecule has 2 amide bonds. The predicted octanol–water partition coefficient (Wildman–Crippen LogP) is 4.79. The van der Waals surface area contributed by atoms with Crippen molar-refractivity contribution >= 4 is 18.0 Å². The minimum Gasteiger partial charge on any atom is -0.445 e. The Labute approximate surface area is 239 Å². The highest BCUT2D eigenvalue weighted by Crippen LogP contribution is 2.40. The summed E-state index contributed by atoms with van der Waals surface area (Å²) in [6, 6.07) is 18.9. The molecular formula is C31H38F2N2O6. The number of Topliss-reactive ketones (excluding diaryl/α,β-unsaturated/α-hetero) is 1. The molecule has 2 aromatic rings. The molecule has 2 aliphatic heterocycles. The number of amides is 2. The Bertz CT molecular complexity index is 1190. The summed E-state index contributed by atoms with van der Waals surface area (Å²) in [7, 11) is 0. The largest absolute Gasteiger partial charge is 0.445 e. The highest BCUT2D eigenvalue weighted by atomic mass is 19.1. The van der Waals surface area contributed by atoms with Gasteiger partial charge in [0.15, 0.2) is 12.0 Å². The van der Waals surface area contributed by atoms with Gasteiger partial charge >= 0.3 is 12.2 Å². The molecule has 2 aliphatic carbocycles. The molecule has 6 rings (SSSR count). The van der Waals surface area contributed by atoms with Crippen molar-refractivity contribution in [3.63, 3.8) is 0 Å². The second kappa shape index (κ2) is 13.4. The van der Waals surface area contributed by atoms with E-state index in [1.54, 1.807) is 4.90 Å². The number of rotatable bonds is 4. The summed E-state index contributed by atoms with van der Waals surface area (Å²) in [6.45, 7) is 2.03. The van der Waals surface area contributed by atoms with Crippen LogP contribution in [0.4, 0.5) is 18.4 Å². The average Bonchev–Trinajstić information content (AvgIpc) is 3.71. The summed E-state index contributed by atoms with van der Waals surface area (Å²) >= 11 is 0. The van der Waals surface area contributed by atoms with Gasteiger partial charge in [0.2, 0.25) is 0 Å². The van der Waals surface area contributed by atoms with E-state index in [1.165, 1.54) is 4.90 Å². The fourth-order valence-electron chi connectivity index (χ4n) is 6.20. The molecule has 2 heterocycles. The van der Waals surface area contributed by atoms with Crippen molar-refractivity contribution in [3.8, 4) is 0 Å². The molecular weight excluding hydrogens is 534 g/mol. The van der Waals surface area contributed by atoms with Gasteiger partial charge in [0, 0.05) is 38.0 Å². The van der Waals surface area contributed by atoms with Crippen LogP contribution in [0, 0.1) is 23.7 Å². The normalized spacial score (nSPS) is 29.6. The van der Waals surface area contributed by atoms with E-state index in [4.69, 9.17) is 9.47 Å². The van der Waals surface area contributed by atoms with E-state index >= 15 is 0 Å². The number of benzene rings is 2. The molecule has 0 bridgehead atoms. The van der Waals surface area contributed by atoms with Crippen LogP contribution in [-0.4, -0.2) is 77.5 Å². The van der Waals surface area contributed by atoms with Crippen LogP contribution in [0.15, 0.2) is 60.7 Å². The topological polar surface area (TPSA) is 96.4 Å². The molecule has 0 unspecified atom stereocenters. The molecule has 0 spiro atoms. The standard InChI is InChI=1S/C15H18FNO3.C15H16FNO3.CH4/c2*16-13-6-11-7-17(8-12(11)14(13)18)15(19)20-9-10-4-2-1-3-5-10;/h1-5,11-14,18H,6-9H2;1-5,11-13H,6-9H2;1H4/t11-,12+,13+,14+;11-,12+,13+;/m00./s1. The van der Waals surface area contributed by atoms with E-state index in [-0.39, 0.29) is 69.2 Å². The number of hydrogen-bond acceptors (Lipinski definition) is 6. The Morgan fingerprint density at radius 3 is 1.80 bits per heavy atom. The highest BCUT2D eigenvalue weighted by molar-refractivity contribution is 5.89. The van der Waals surface area contributed by atoms with Gasteiger partial charge in [-0.2, -0.15) is 0 Å². The molecule has 4 fully saturated rings. The molecule has 41 heavy (non-hydrogen) atoms. The SMILES string of the molecule is C.O=C(OCc1ccccc1)N1C[C@@H]2C[C@@H](F)[C@H](O)[C@@H]2C1.O=C1[C@H](F)C[C@H]2CN(C(=O)OCc3ccccc3)C[C@@H]12. The number of ether oxygens (including phenoxy) is 2. The number of carbonyl (C=O) groups is 3. The van der Waals surface area contributed by atoms with Crippen molar-refractivity contribution in [1.82, 2.24) is 9.80 Å². The first-order valence-corrected chi connectivity index (χ1v) is 13.7. The van der Waals surface area contributed by atoms with Gasteiger partial charge in [-0.15, -0.1) is 0 Å². The van der Waals surface area contributed by atoms with Gasteiger partial charge in [0.1, 0.15) is 19.4 Å². The molecule has 7 atom stereocenters. The molecule has 2 saturated carbocycles. The Balaban J connectivity index is 0.000000184. The lowest BCUT2D eigenvalue weighted by Crippen LogP contribution is -2.33. The predicted molar refractivity (Wildman–Crippen MR) is 147 cm³/mol. The van der Waals surface area contributed by atoms with Crippen LogP contribution in [0.1, 0.15) is 31.4 Å². The van der Waals surface area contributed by atoms with Crippen LogP contribution < -0.4 is 0 Å². The first-order chi connectivity index (χ1) is 19.3. The Kier molecular flexibility index (Phi) is 9.96. The van der Waals surface area contributed by atoms with E-state index in [2.05, 4.69) is 0 Å². The Hall–Kier alpha value is -3.53. The van der Waals surface area contributed by atoms with Crippen molar-refractivity contribution < 1.29 is 37.7 Å². The quantitative estimate of drug-likeness (QED) is 0.566. The van der Waals surface area contributed by atoms with Crippen LogP contribution in [0.25, 0.3) is 0 Å². The summed E-state index contributed by atoms with van der Waals surface area (Å²) < 4.78 is 37.1. The molecule has 2 saturated heterocycles. The number of likely N-dealkylation sites (tertiary alicyclic amines) is 2. The van der Waals surface area contributed by atoms with Crippen molar-refractivity contribution in [3.05, 3.63) is 71.8 Å². The molecule has 1 N–H and O–H groups in total. The van der Waals surface area contributed by atoms with Crippen LogP contribution in [-0.2, 0) is 27.5 Å². The van der Waals surface area contributed by atoms with E-state index < -0.39 is 24.5 Å². The number of hydrogen-bond donors (Lipinski definition) is 1. The molecule has 0 aromatic heterocycles. The maximum Gasteiger partial charge on any atom is 0.410 e. The summed E-state index contributed by atoms with van der Waals surface area (Å²) in [4.78, 5) is 38.6. The third-order valence-corrected chi connectivity index (χ3v) is 8.38. The third kappa shape index (κ3) is 7.04. The van der Waals surface area contributed by atoms with Gasteiger partial charge in [0.05, 0.1) is 6.10 Å². The lowest BCUT2D eigenvalue weighted by Gasteiger charge is -2.19. The fourth-order valence-corrected chi connectivity index (χ4v) is 6.20. The summed E-state index contributed by atoms with van der Waals surface area (Å²) in [5.41, 5.74) is 1.85. The first-order valence-electron chi connectivity index (χ1n) is 13.7. The van der Waals surface area contributed by atoms with Gasteiger partial charge in [-0.05, 0) is 35.8 Å². The van der Waals surface area contributed by atoms with E-state index in [0.717, 1.165) is 11.1 Å². The zero-order valence-corrected chi connectivity index (χ0v) is 22.1. The van der Waals surface area contributed by atoms with Crippen molar-refractivity contribution in [2.75, 3.05) is 26.2 Å². The van der Waals surface area contributed by atoms with E-state index in [0.29, 0.717) is 26.1 Å². The number of aliphatic hydroxyl groups is 1. The highest BCUT2D eigenvalue weighted by Gasteiger charge is 2.50. The summed E-state index contributed by atoms with van der Waals surface area (Å²) in [5, 5.41) is 9.72. The molecule has 222 valence electrons. The van der Waals surface area contributed by atoms with Crippen LogP contribution in [0.3, 0.4) is 0 Å². The monoisotopic (exact) mass is 572 g/mol. The van der Waals surface area contributed by atoms with E-state index in [9.17, 15) is 28.3 Å². The van der Waals surface area contributed by atoms with Gasteiger partial charge < -0.3 is 24.4 Å². The minimum absolute atomic E-state index is 0. The number of aliphatic hydroxyl groups excluding tert-OH is 1. The zero-order chi connectivity index (χ0) is 28.2. The number of alkyl halides is 2. The molecule has 0 radical (unpaired) electrons. The van der Waals surface area contributed by atoms with Gasteiger partial charge in [-0.25, -0.2) is 18.4 Å². The molecule has 4 aliphatic rings. The van der Waals surface area contributed by atoms with Crippen LogP contribution in [0.2, 0.25) is 0 Å². The van der Waals surface area contributed by atoms with Crippen LogP contribution in [0.5, 0.6) is 0 Å². The third-order valence-electron chi connectivity index (χ3n) is 8.38. The van der Waals surface area contributed by atoms with Crippen LogP contribution >= 0.6 is 0 Å². The van der Waals surface area contributed by atoms with Crippen molar-refractivity contribution in [1.29, 1.82) is 0 Å². The second-order valence-corrected chi connectivity index (χ2v) is 11.0. The molecule has 8 nitrogen and oxygen atoms in total. The molecule has 10 heteroatoms. The summed E-state index contributed by atoms with van der Waals surface area (Å²) in [5.74, 6) is -0.817. The number of nitrogens with zero attached hydrogens (tertiary/aromatic N) is 2. The number of ketones is 1. The van der Waals surface area contributed by atoms with Gasteiger partial charge in [-0.3, -0.25) is 4.79 Å². The maximum atomic E-state index is 13.4. The number of halogens is 2. The second-order valence-electron chi connectivity index (χ2n) is 11.0. The maximum absolute atomic E-state index is 13.4. The number of carbonyl (C=O) groups excluding carboxylic acids is 3. The average molecular weight is 573 g/mol. The van der Waals surface area contributed by atoms with Crippen molar-refractivity contribution in [2.45, 2.75) is 51.9 Å². The fraction of sp³-hybridized carbons (Fsp3) is 0.516. The smallest absolute Gasteiger partial charge is 0.410 e. The van der Waals surface area contributed by atoms with E-state index in [1.807, 2.05) is 60.7 Å². The summed E-state index contributed by atoms with van der Waals surface area (Å²) in [6.07, 6.45) is -3.65. The lowest BCUT2D eigenvalue weighted by atomic mass is 10.00. The Morgan fingerprint density at radius 2 is 1.29 bits per heavy atom. The minimum atomic E-state index is -1.34. The molecule has 2 aromatic carbocycles. The zero-order valence-electron chi connectivity index (χ0n) is 22.1. The van der Waals surface area contributed by atoms with Crippen molar-refractivity contribution in [2.24, 2.45) is 23.7 Å². The Morgan fingerprint density at radius 1 is 0.780 bits per heavy atom. The lowest BCUT2D eigenvalue weighted by molar-refractivity contribution is -0.124. The van der Waals surface area contributed by atoms with Gasteiger partial charge in [0.25, 0.3) is 0 Å². The van der Waals surface area contributed by atoms with Gasteiger partial charge in [-0.1, -0.05) is 68.1 Å². The number of fused-ring (bicyclic) bond motifs is 2. The first kappa shape index (κ1) is 30.4.